The molecule has 0 saturated heterocycles. The van der Waals surface area contributed by atoms with Crippen molar-refractivity contribution in [3.63, 3.8) is 0 Å². The van der Waals surface area contributed by atoms with E-state index in [2.05, 4.69) is 49.0 Å². The van der Waals surface area contributed by atoms with E-state index < -0.39 is 11.6 Å². The van der Waals surface area contributed by atoms with Crippen molar-refractivity contribution in [2.45, 2.75) is 52.0 Å². The van der Waals surface area contributed by atoms with Gasteiger partial charge in [0.25, 0.3) is 0 Å². The average molecular weight is 589 g/mol. The number of unbranched alkanes of at least 4 members (excludes halogenated alkanes) is 5. The first-order valence-corrected chi connectivity index (χ1v) is 13.5. The van der Waals surface area contributed by atoms with E-state index in [1.54, 1.807) is 16.9 Å². The molecule has 0 aliphatic carbocycles. The zero-order valence-electron chi connectivity index (χ0n) is 16.9. The maximum Gasteiger partial charge on any atom is 0.170 e. The van der Waals surface area contributed by atoms with Gasteiger partial charge in [0.1, 0.15) is 11.0 Å². The summed E-state index contributed by atoms with van der Waals surface area (Å²) in [5.74, 6) is -1.76. The Kier molecular flexibility index (Phi) is 7.56. The fourth-order valence-electron chi connectivity index (χ4n) is 3.59. The molecule has 0 fully saturated rings. The lowest BCUT2D eigenvalue weighted by Gasteiger charge is -2.07. The predicted octanol–water partition coefficient (Wildman–Crippen LogP) is 9.05. The summed E-state index contributed by atoms with van der Waals surface area (Å²) in [6, 6.07) is 7.21. The van der Waals surface area contributed by atoms with E-state index >= 15 is 8.78 Å². The molecule has 1 aromatic carbocycles. The molecule has 31 heavy (non-hydrogen) atoms. The second-order valence-corrected chi connectivity index (χ2v) is 12.3. The van der Waals surface area contributed by atoms with Gasteiger partial charge in [-0.1, -0.05) is 39.0 Å². The summed E-state index contributed by atoms with van der Waals surface area (Å²) in [4.78, 5) is 2.85. The Hall–Kier alpha value is -1.16. The summed E-state index contributed by atoms with van der Waals surface area (Å²) < 4.78 is 32.4. The Morgan fingerprint density at radius 1 is 0.774 bits per heavy atom. The second kappa shape index (κ2) is 10.2. The third-order valence-corrected chi connectivity index (χ3v) is 8.39. The molecule has 3 nitrogen and oxygen atoms in total. The van der Waals surface area contributed by atoms with Crippen LogP contribution in [-0.4, -0.2) is 15.0 Å². The molecule has 0 unspecified atom stereocenters. The molecule has 0 radical (unpaired) electrons. The van der Waals surface area contributed by atoms with E-state index in [0.29, 0.717) is 27.3 Å². The number of hydrogen-bond donors (Lipinski definition) is 0. The number of hydrogen-bond acceptors (Lipinski definition) is 4. The molecule has 0 aliphatic heterocycles. The van der Waals surface area contributed by atoms with Crippen molar-refractivity contribution in [3.8, 4) is 20.9 Å². The normalized spacial score (nSPS) is 11.6. The maximum absolute atomic E-state index is 15.3. The van der Waals surface area contributed by atoms with Crippen molar-refractivity contribution in [2.24, 2.45) is 0 Å². The van der Waals surface area contributed by atoms with Crippen molar-refractivity contribution in [2.75, 3.05) is 0 Å². The van der Waals surface area contributed by atoms with Gasteiger partial charge in [0.05, 0.1) is 25.2 Å². The highest BCUT2D eigenvalue weighted by molar-refractivity contribution is 9.11. The highest BCUT2D eigenvalue weighted by atomic mass is 79.9. The molecule has 0 aliphatic rings. The monoisotopic (exact) mass is 587 g/mol. The molecule has 0 saturated carbocycles. The van der Waals surface area contributed by atoms with E-state index in [1.807, 2.05) is 12.1 Å². The lowest BCUT2D eigenvalue weighted by Crippen LogP contribution is -2.02. The number of rotatable bonds is 9. The number of fused-ring (bicyclic) bond motifs is 1. The number of halogens is 4. The van der Waals surface area contributed by atoms with Crippen LogP contribution in [0.2, 0.25) is 0 Å². The smallest absolute Gasteiger partial charge is 0.170 e. The van der Waals surface area contributed by atoms with E-state index in [1.165, 1.54) is 48.4 Å². The first-order chi connectivity index (χ1) is 15.0. The summed E-state index contributed by atoms with van der Waals surface area (Å²) in [7, 11) is 0. The standard InChI is InChI=1S/C22H21Br2F2N3S2/c1-2-3-4-5-6-7-12-29-27-21-17(13-8-10-15(23)30-13)19(25)20(26)18(22(21)28-29)14-9-11-16(24)31-14/h8-11H,2-7,12H2,1H3. The maximum atomic E-state index is 15.3. The molecular formula is C22H21Br2F2N3S2. The molecule has 3 aromatic heterocycles. The Balaban J connectivity index is 1.77. The Morgan fingerprint density at radius 3 is 1.71 bits per heavy atom. The molecule has 0 bridgehead atoms. The van der Waals surface area contributed by atoms with Gasteiger partial charge in [0, 0.05) is 9.75 Å². The van der Waals surface area contributed by atoms with Gasteiger partial charge < -0.3 is 0 Å². The second-order valence-electron chi connectivity index (χ2n) is 7.35. The fraction of sp³-hybridized carbons (Fsp3) is 0.364. The molecule has 9 heteroatoms. The van der Waals surface area contributed by atoms with Gasteiger partial charge in [-0.25, -0.2) is 8.78 Å². The van der Waals surface area contributed by atoms with Crippen LogP contribution in [0.5, 0.6) is 0 Å². The number of thiophene rings is 2. The Morgan fingerprint density at radius 2 is 1.26 bits per heavy atom. The Bertz CT molecular complexity index is 1120. The van der Waals surface area contributed by atoms with Gasteiger partial charge in [0.2, 0.25) is 0 Å². The van der Waals surface area contributed by atoms with Crippen LogP contribution in [0, 0.1) is 11.6 Å². The van der Waals surface area contributed by atoms with Crippen molar-refractivity contribution in [1.82, 2.24) is 15.0 Å². The fourth-order valence-corrected chi connectivity index (χ4v) is 6.44. The van der Waals surface area contributed by atoms with Gasteiger partial charge in [-0.2, -0.15) is 15.0 Å². The van der Waals surface area contributed by atoms with Crippen molar-refractivity contribution in [1.29, 1.82) is 0 Å². The van der Waals surface area contributed by atoms with Gasteiger partial charge >= 0.3 is 0 Å². The van der Waals surface area contributed by atoms with Gasteiger partial charge in [0.15, 0.2) is 11.6 Å². The molecule has 0 amide bonds. The predicted molar refractivity (Wildman–Crippen MR) is 133 cm³/mol. The topological polar surface area (TPSA) is 30.7 Å². The number of nitrogens with zero attached hydrogens (tertiary/aromatic N) is 3. The number of benzene rings is 1. The van der Waals surface area contributed by atoms with E-state index in [0.717, 1.165) is 20.4 Å². The van der Waals surface area contributed by atoms with E-state index in [9.17, 15) is 0 Å². The van der Waals surface area contributed by atoms with Crippen LogP contribution in [0.1, 0.15) is 45.4 Å². The molecule has 164 valence electrons. The summed E-state index contributed by atoms with van der Waals surface area (Å²) in [6.45, 7) is 2.83. The van der Waals surface area contributed by atoms with E-state index in [4.69, 9.17) is 0 Å². The first kappa shape index (κ1) is 23.0. The summed E-state index contributed by atoms with van der Waals surface area (Å²) in [6.07, 6.45) is 6.91. The zero-order chi connectivity index (χ0) is 22.0. The SMILES string of the molecule is CCCCCCCCn1nc2c(-c3ccc(Br)s3)c(F)c(F)c(-c3ccc(Br)s3)c2n1. The molecule has 0 spiro atoms. The average Bonchev–Trinajstić information content (AvgIpc) is 3.46. The van der Waals surface area contributed by atoms with E-state index in [-0.39, 0.29) is 11.1 Å². The molecular weight excluding hydrogens is 568 g/mol. The summed E-state index contributed by atoms with van der Waals surface area (Å²) in [5.41, 5.74) is 1.16. The van der Waals surface area contributed by atoms with Crippen molar-refractivity contribution < 1.29 is 8.78 Å². The lowest BCUT2D eigenvalue weighted by molar-refractivity contribution is 0.488. The highest BCUT2D eigenvalue weighted by Crippen LogP contribution is 2.43. The van der Waals surface area contributed by atoms with Crippen LogP contribution in [0.3, 0.4) is 0 Å². The van der Waals surface area contributed by atoms with Crippen LogP contribution >= 0.6 is 54.5 Å². The van der Waals surface area contributed by atoms with Gasteiger partial charge in [-0.15, -0.1) is 22.7 Å². The van der Waals surface area contributed by atoms with Gasteiger partial charge in [-0.3, -0.25) is 0 Å². The number of aromatic nitrogens is 3. The molecule has 0 N–H and O–H groups in total. The van der Waals surface area contributed by atoms with Crippen LogP contribution in [0.4, 0.5) is 8.78 Å². The van der Waals surface area contributed by atoms with Crippen LogP contribution in [-0.2, 0) is 6.54 Å². The van der Waals surface area contributed by atoms with Crippen molar-refractivity contribution in [3.05, 3.63) is 43.5 Å². The van der Waals surface area contributed by atoms with Crippen LogP contribution in [0.15, 0.2) is 31.8 Å². The lowest BCUT2D eigenvalue weighted by atomic mass is 10.0. The largest absolute Gasteiger partial charge is 0.203 e. The molecule has 4 aromatic rings. The first-order valence-electron chi connectivity index (χ1n) is 10.3. The molecule has 3 heterocycles. The minimum Gasteiger partial charge on any atom is -0.203 e. The number of aryl methyl sites for hydroxylation is 1. The zero-order valence-corrected chi connectivity index (χ0v) is 21.7. The quantitative estimate of drug-likeness (QED) is 0.183. The molecule has 0 atom stereocenters. The Labute approximate surface area is 204 Å². The summed E-state index contributed by atoms with van der Waals surface area (Å²) in [5, 5.41) is 9.22. The highest BCUT2D eigenvalue weighted by Gasteiger charge is 2.27. The van der Waals surface area contributed by atoms with Gasteiger partial charge in [-0.05, 0) is 62.5 Å². The third kappa shape index (κ3) is 4.94. The van der Waals surface area contributed by atoms with Crippen molar-refractivity contribution >= 4 is 65.6 Å². The summed E-state index contributed by atoms with van der Waals surface area (Å²) >= 11 is 9.53. The minimum atomic E-state index is -0.881. The molecule has 4 rings (SSSR count). The van der Waals surface area contributed by atoms with Crippen LogP contribution in [0.25, 0.3) is 31.9 Å². The third-order valence-electron chi connectivity index (χ3n) is 5.11. The van der Waals surface area contributed by atoms with Crippen LogP contribution < -0.4 is 0 Å². The minimum absolute atomic E-state index is 0.178.